The van der Waals surface area contributed by atoms with Gasteiger partial charge in [-0.25, -0.2) is 0 Å². The van der Waals surface area contributed by atoms with Crippen molar-refractivity contribution >= 4 is 12.4 Å². The van der Waals surface area contributed by atoms with Gasteiger partial charge in [-0.15, -0.1) is 0 Å². The van der Waals surface area contributed by atoms with Crippen LogP contribution in [0.15, 0.2) is 30.3 Å². The number of hydrogen-bond acceptors (Lipinski definition) is 1. The lowest BCUT2D eigenvalue weighted by Crippen LogP contribution is -2.28. The number of carbonyl (C=O) groups excluding carboxylic acids is 1. The van der Waals surface area contributed by atoms with Gasteiger partial charge >= 0.3 is 0 Å². The highest BCUT2D eigenvalue weighted by Crippen LogP contribution is 2.37. The molecule has 15 heavy (non-hydrogen) atoms. The number of aldehydes is 1. The first-order valence-electron chi connectivity index (χ1n) is 5.38. The summed E-state index contributed by atoms with van der Waals surface area (Å²) in [6.07, 6.45) is 6.32. The Morgan fingerprint density at radius 3 is 2.87 bits per heavy atom. The molecule has 0 saturated heterocycles. The third-order valence-corrected chi connectivity index (χ3v) is 3.51. The summed E-state index contributed by atoms with van der Waals surface area (Å²) < 4.78 is 0. The van der Waals surface area contributed by atoms with Crippen LogP contribution in [0.1, 0.15) is 25.0 Å². The number of allylic oxidation sites excluding steroid dienone is 1. The summed E-state index contributed by atoms with van der Waals surface area (Å²) in [5.41, 5.74) is 2.61. The molecule has 2 unspecified atom stereocenters. The van der Waals surface area contributed by atoms with Crippen molar-refractivity contribution < 1.29 is 4.79 Å². The van der Waals surface area contributed by atoms with Crippen LogP contribution >= 0.6 is 0 Å². The molecule has 1 aliphatic carbocycles. The molecule has 1 nitrogen and oxygen atoms in total. The van der Waals surface area contributed by atoms with E-state index in [-0.39, 0.29) is 11.3 Å². The van der Waals surface area contributed by atoms with E-state index in [2.05, 4.69) is 43.3 Å². The van der Waals surface area contributed by atoms with Crippen molar-refractivity contribution in [2.75, 3.05) is 0 Å². The van der Waals surface area contributed by atoms with E-state index in [9.17, 15) is 4.79 Å². The van der Waals surface area contributed by atoms with Crippen LogP contribution in [-0.2, 0) is 11.2 Å². The van der Waals surface area contributed by atoms with Gasteiger partial charge in [0.25, 0.3) is 0 Å². The summed E-state index contributed by atoms with van der Waals surface area (Å²) in [5.74, 6) is 0.0714. The molecule has 0 fully saturated rings. The number of benzene rings is 1. The summed E-state index contributed by atoms with van der Waals surface area (Å²) >= 11 is 0. The first-order chi connectivity index (χ1) is 7.15. The van der Waals surface area contributed by atoms with E-state index in [0.717, 1.165) is 12.7 Å². The van der Waals surface area contributed by atoms with E-state index >= 15 is 0 Å². The molecule has 1 aliphatic rings. The Morgan fingerprint density at radius 1 is 1.40 bits per heavy atom. The molecular formula is C14H16O. The number of hydrogen-bond donors (Lipinski definition) is 0. The van der Waals surface area contributed by atoms with Crippen LogP contribution in [-0.4, -0.2) is 6.29 Å². The zero-order chi connectivity index (χ0) is 10.9. The Morgan fingerprint density at radius 2 is 2.13 bits per heavy atom. The van der Waals surface area contributed by atoms with Crippen molar-refractivity contribution in [1.82, 2.24) is 0 Å². The highest BCUT2D eigenvalue weighted by Gasteiger charge is 2.31. The van der Waals surface area contributed by atoms with E-state index < -0.39 is 0 Å². The lowest BCUT2D eigenvalue weighted by Gasteiger charge is -2.33. The molecule has 0 radical (unpaired) electrons. The molecule has 0 spiro atoms. The van der Waals surface area contributed by atoms with Gasteiger partial charge < -0.3 is 4.79 Å². The summed E-state index contributed by atoms with van der Waals surface area (Å²) in [6, 6.07) is 8.38. The van der Waals surface area contributed by atoms with Crippen molar-refractivity contribution in [2.24, 2.45) is 11.3 Å². The summed E-state index contributed by atoms with van der Waals surface area (Å²) in [5, 5.41) is 0. The van der Waals surface area contributed by atoms with Gasteiger partial charge in [-0.2, -0.15) is 0 Å². The maximum Gasteiger partial charge on any atom is 0.123 e. The Labute approximate surface area is 90.8 Å². The molecule has 78 valence electrons. The molecule has 1 aromatic rings. The Bertz CT molecular complexity index is 406. The molecule has 2 rings (SSSR count). The lowest BCUT2D eigenvalue weighted by atomic mass is 9.70. The highest BCUT2D eigenvalue weighted by atomic mass is 16.1. The van der Waals surface area contributed by atoms with E-state index in [4.69, 9.17) is 0 Å². The molecule has 0 N–H and O–H groups in total. The zero-order valence-electron chi connectivity index (χ0n) is 9.23. The quantitative estimate of drug-likeness (QED) is 0.670. The predicted molar refractivity (Wildman–Crippen MR) is 62.5 cm³/mol. The third-order valence-electron chi connectivity index (χ3n) is 3.51. The fourth-order valence-corrected chi connectivity index (χ4v) is 2.08. The molecule has 2 atom stereocenters. The van der Waals surface area contributed by atoms with Crippen molar-refractivity contribution in [1.29, 1.82) is 0 Å². The van der Waals surface area contributed by atoms with Crippen LogP contribution in [0.25, 0.3) is 6.08 Å². The van der Waals surface area contributed by atoms with Gasteiger partial charge in [0, 0.05) is 5.92 Å². The fraction of sp³-hybridized carbons (Fsp3) is 0.357. The van der Waals surface area contributed by atoms with E-state index in [0.29, 0.717) is 0 Å². The number of carbonyl (C=O) groups is 1. The summed E-state index contributed by atoms with van der Waals surface area (Å²) in [7, 11) is 0. The van der Waals surface area contributed by atoms with Gasteiger partial charge in [0.15, 0.2) is 0 Å². The zero-order valence-corrected chi connectivity index (χ0v) is 9.23. The minimum atomic E-state index is -0.0178. The van der Waals surface area contributed by atoms with E-state index in [1.54, 1.807) is 0 Å². The molecule has 0 heterocycles. The van der Waals surface area contributed by atoms with Gasteiger partial charge in [-0.1, -0.05) is 50.3 Å². The van der Waals surface area contributed by atoms with Gasteiger partial charge in [-0.3, -0.25) is 0 Å². The van der Waals surface area contributed by atoms with Gasteiger partial charge in [-0.05, 0) is 23.0 Å². The van der Waals surface area contributed by atoms with Crippen LogP contribution in [0.3, 0.4) is 0 Å². The van der Waals surface area contributed by atoms with Crippen LogP contribution in [0, 0.1) is 11.3 Å². The average Bonchev–Trinajstić information content (AvgIpc) is 2.27. The maximum atomic E-state index is 10.9. The largest absolute Gasteiger partial charge is 0.303 e. The van der Waals surface area contributed by atoms with E-state index in [1.807, 2.05) is 6.92 Å². The predicted octanol–water partition coefficient (Wildman–Crippen LogP) is 3.10. The Hall–Kier alpha value is -1.37. The fourth-order valence-electron chi connectivity index (χ4n) is 2.08. The summed E-state index contributed by atoms with van der Waals surface area (Å²) in [4.78, 5) is 10.9. The van der Waals surface area contributed by atoms with Crippen molar-refractivity contribution in [3.8, 4) is 0 Å². The Balaban J connectivity index is 2.36. The van der Waals surface area contributed by atoms with Gasteiger partial charge in [0.1, 0.15) is 6.29 Å². The van der Waals surface area contributed by atoms with Crippen molar-refractivity contribution in [3.63, 3.8) is 0 Å². The third kappa shape index (κ3) is 1.74. The molecule has 1 heteroatoms. The molecule has 1 aromatic carbocycles. The van der Waals surface area contributed by atoms with Crippen LogP contribution in [0.4, 0.5) is 0 Å². The number of rotatable bonds is 2. The normalized spacial score (nSPS) is 25.7. The smallest absolute Gasteiger partial charge is 0.123 e. The van der Waals surface area contributed by atoms with E-state index in [1.165, 1.54) is 11.1 Å². The SMILES string of the molecule is CC(C=O)C1(C)C=Cc2ccccc2C1. The van der Waals surface area contributed by atoms with Crippen LogP contribution < -0.4 is 0 Å². The first kappa shape index (κ1) is 10.2. The minimum Gasteiger partial charge on any atom is -0.303 e. The first-order valence-corrected chi connectivity index (χ1v) is 5.38. The van der Waals surface area contributed by atoms with Crippen molar-refractivity contribution in [3.05, 3.63) is 41.5 Å². The summed E-state index contributed by atoms with van der Waals surface area (Å²) in [6.45, 7) is 4.14. The van der Waals surface area contributed by atoms with Crippen LogP contribution in [0.2, 0.25) is 0 Å². The lowest BCUT2D eigenvalue weighted by molar-refractivity contribution is -0.112. The second-order valence-corrected chi connectivity index (χ2v) is 4.64. The molecule has 0 bridgehead atoms. The molecular weight excluding hydrogens is 184 g/mol. The standard InChI is InChI=1S/C14H16O/c1-11(10-15)14(2)8-7-12-5-3-4-6-13(12)9-14/h3-8,10-11H,9H2,1-2H3. The van der Waals surface area contributed by atoms with Crippen molar-refractivity contribution in [2.45, 2.75) is 20.3 Å². The van der Waals surface area contributed by atoms with Crippen LogP contribution in [0.5, 0.6) is 0 Å². The van der Waals surface area contributed by atoms with Gasteiger partial charge in [0.2, 0.25) is 0 Å². The molecule has 0 aromatic heterocycles. The molecule has 0 amide bonds. The highest BCUT2D eigenvalue weighted by molar-refractivity contribution is 5.62. The average molecular weight is 200 g/mol. The molecule has 0 saturated carbocycles. The molecule has 0 aliphatic heterocycles. The second kappa shape index (κ2) is 3.65. The second-order valence-electron chi connectivity index (χ2n) is 4.64. The minimum absolute atomic E-state index is 0.0178. The van der Waals surface area contributed by atoms with Gasteiger partial charge in [0.05, 0.1) is 0 Å². The number of fused-ring (bicyclic) bond motifs is 1. The monoisotopic (exact) mass is 200 g/mol. The maximum absolute atomic E-state index is 10.9. The topological polar surface area (TPSA) is 17.1 Å². The Kier molecular flexibility index (Phi) is 2.47.